The minimum atomic E-state index is 0.0494. The summed E-state index contributed by atoms with van der Waals surface area (Å²) < 4.78 is 0. The van der Waals surface area contributed by atoms with E-state index in [0.717, 1.165) is 12.8 Å². The summed E-state index contributed by atoms with van der Waals surface area (Å²) in [5.41, 5.74) is 0. The molecule has 0 rings (SSSR count). The molecule has 0 aromatic rings. The number of allylic oxidation sites excluding steroid dienone is 1. The van der Waals surface area contributed by atoms with Crippen molar-refractivity contribution in [1.82, 2.24) is 0 Å². The van der Waals surface area contributed by atoms with Crippen LogP contribution in [-0.2, 0) is 5.11 Å². The molecule has 0 saturated carbocycles. The van der Waals surface area contributed by atoms with E-state index in [0.29, 0.717) is 5.92 Å². The van der Waals surface area contributed by atoms with E-state index in [2.05, 4.69) is 6.58 Å². The molecule has 0 aliphatic rings. The SMILES string of the molecule is C=CCCC(C)C[O]. The zero-order valence-corrected chi connectivity index (χ0v) is 5.39. The van der Waals surface area contributed by atoms with E-state index in [9.17, 15) is 5.11 Å². The van der Waals surface area contributed by atoms with Gasteiger partial charge in [-0.15, -0.1) is 6.58 Å². The summed E-state index contributed by atoms with van der Waals surface area (Å²) in [7, 11) is 0. The highest BCUT2D eigenvalue weighted by Gasteiger charge is 1.96. The molecule has 8 heavy (non-hydrogen) atoms. The molecular formula is C7H13O. The second-order valence-corrected chi connectivity index (χ2v) is 2.14. The molecule has 1 atom stereocenters. The largest absolute Gasteiger partial charge is 0.236 e. The van der Waals surface area contributed by atoms with Gasteiger partial charge in [0.05, 0.1) is 6.61 Å². The number of rotatable bonds is 4. The summed E-state index contributed by atoms with van der Waals surface area (Å²) in [4.78, 5) is 0. The van der Waals surface area contributed by atoms with Gasteiger partial charge in [-0.3, -0.25) is 0 Å². The highest BCUT2D eigenvalue weighted by atomic mass is 16.3. The molecule has 0 fully saturated rings. The summed E-state index contributed by atoms with van der Waals surface area (Å²) in [6.45, 7) is 5.58. The lowest BCUT2D eigenvalue weighted by atomic mass is 10.1. The van der Waals surface area contributed by atoms with Crippen molar-refractivity contribution >= 4 is 0 Å². The summed E-state index contributed by atoms with van der Waals surface area (Å²) in [5, 5.41) is 10.1. The molecule has 0 heterocycles. The smallest absolute Gasteiger partial charge is 0.0847 e. The van der Waals surface area contributed by atoms with Crippen LogP contribution >= 0.6 is 0 Å². The van der Waals surface area contributed by atoms with Gasteiger partial charge in [0.25, 0.3) is 0 Å². The first-order valence-electron chi connectivity index (χ1n) is 3.00. The lowest BCUT2D eigenvalue weighted by Gasteiger charge is -2.00. The summed E-state index contributed by atoms with van der Waals surface area (Å²) >= 11 is 0. The zero-order valence-electron chi connectivity index (χ0n) is 5.39. The van der Waals surface area contributed by atoms with Gasteiger partial charge >= 0.3 is 0 Å². The van der Waals surface area contributed by atoms with Gasteiger partial charge in [-0.05, 0) is 18.8 Å². The Bertz CT molecular complexity index is 59.4. The van der Waals surface area contributed by atoms with Crippen molar-refractivity contribution in [3.8, 4) is 0 Å². The number of hydrogen-bond acceptors (Lipinski definition) is 0. The molecular weight excluding hydrogens is 100 g/mol. The van der Waals surface area contributed by atoms with Crippen LogP contribution in [0.3, 0.4) is 0 Å². The maximum absolute atomic E-state index is 10.1. The van der Waals surface area contributed by atoms with Gasteiger partial charge in [0.15, 0.2) is 0 Å². The van der Waals surface area contributed by atoms with Crippen molar-refractivity contribution in [2.45, 2.75) is 19.8 Å². The van der Waals surface area contributed by atoms with E-state index < -0.39 is 0 Å². The fourth-order valence-corrected chi connectivity index (χ4v) is 0.486. The van der Waals surface area contributed by atoms with Gasteiger partial charge in [-0.2, -0.15) is 0 Å². The molecule has 1 heteroatoms. The molecule has 0 N–H and O–H groups in total. The Morgan fingerprint density at radius 2 is 2.38 bits per heavy atom. The lowest BCUT2D eigenvalue weighted by Crippen LogP contribution is -1.97. The predicted octanol–water partition coefficient (Wildman–Crippen LogP) is 2.02. The third-order valence-electron chi connectivity index (χ3n) is 1.15. The molecule has 1 radical (unpaired) electrons. The van der Waals surface area contributed by atoms with Crippen LogP contribution in [0.2, 0.25) is 0 Å². The minimum absolute atomic E-state index is 0.0494. The quantitative estimate of drug-likeness (QED) is 0.497. The molecule has 0 amide bonds. The van der Waals surface area contributed by atoms with Gasteiger partial charge in [0.1, 0.15) is 0 Å². The first-order chi connectivity index (χ1) is 3.81. The lowest BCUT2D eigenvalue weighted by molar-refractivity contribution is 0.147. The van der Waals surface area contributed by atoms with E-state index in [-0.39, 0.29) is 6.61 Å². The van der Waals surface area contributed by atoms with Crippen LogP contribution in [-0.4, -0.2) is 6.61 Å². The molecule has 0 aromatic heterocycles. The first-order valence-corrected chi connectivity index (χ1v) is 3.00. The maximum Gasteiger partial charge on any atom is 0.0847 e. The summed E-state index contributed by atoms with van der Waals surface area (Å²) in [5.74, 6) is 0.327. The highest BCUT2D eigenvalue weighted by Crippen LogP contribution is 2.03. The zero-order chi connectivity index (χ0) is 6.41. The monoisotopic (exact) mass is 113 g/mol. The molecule has 0 spiro atoms. The van der Waals surface area contributed by atoms with Crippen LogP contribution in [0.5, 0.6) is 0 Å². The molecule has 1 unspecified atom stereocenters. The third-order valence-corrected chi connectivity index (χ3v) is 1.15. The average Bonchev–Trinajstić information content (AvgIpc) is 1.83. The molecule has 0 bridgehead atoms. The van der Waals surface area contributed by atoms with E-state index in [1.807, 2.05) is 13.0 Å². The third kappa shape index (κ3) is 3.88. The fourth-order valence-electron chi connectivity index (χ4n) is 0.486. The Morgan fingerprint density at radius 1 is 1.75 bits per heavy atom. The molecule has 0 aromatic carbocycles. The molecule has 47 valence electrons. The summed E-state index contributed by atoms with van der Waals surface area (Å²) in [6, 6.07) is 0. The topological polar surface area (TPSA) is 19.9 Å². The average molecular weight is 113 g/mol. The van der Waals surface area contributed by atoms with E-state index in [1.165, 1.54) is 0 Å². The molecule has 1 nitrogen and oxygen atoms in total. The van der Waals surface area contributed by atoms with Crippen LogP contribution in [0, 0.1) is 5.92 Å². The fraction of sp³-hybridized carbons (Fsp3) is 0.714. The normalized spacial score (nSPS) is 13.2. The van der Waals surface area contributed by atoms with Crippen molar-refractivity contribution < 1.29 is 5.11 Å². The van der Waals surface area contributed by atoms with Crippen molar-refractivity contribution in [1.29, 1.82) is 0 Å². The van der Waals surface area contributed by atoms with Crippen molar-refractivity contribution in [3.63, 3.8) is 0 Å². The van der Waals surface area contributed by atoms with E-state index in [1.54, 1.807) is 0 Å². The standard InChI is InChI=1S/C7H13O/c1-3-4-5-7(2)6-8/h3,7H,1,4-6H2,2H3. The molecule has 0 aliphatic heterocycles. The Morgan fingerprint density at radius 3 is 2.75 bits per heavy atom. The second-order valence-electron chi connectivity index (χ2n) is 2.14. The van der Waals surface area contributed by atoms with Gasteiger partial charge in [-0.1, -0.05) is 13.0 Å². The summed E-state index contributed by atoms with van der Waals surface area (Å²) in [6.07, 6.45) is 3.82. The second kappa shape index (κ2) is 4.85. The van der Waals surface area contributed by atoms with E-state index >= 15 is 0 Å². The predicted molar refractivity (Wildman–Crippen MR) is 34.1 cm³/mol. The molecule has 0 aliphatic carbocycles. The Hall–Kier alpha value is -0.300. The van der Waals surface area contributed by atoms with Crippen molar-refractivity contribution in [3.05, 3.63) is 12.7 Å². The van der Waals surface area contributed by atoms with Gasteiger partial charge in [-0.25, -0.2) is 5.11 Å². The van der Waals surface area contributed by atoms with E-state index in [4.69, 9.17) is 0 Å². The van der Waals surface area contributed by atoms with Crippen molar-refractivity contribution in [2.24, 2.45) is 5.92 Å². The maximum atomic E-state index is 10.1. The van der Waals surface area contributed by atoms with Crippen molar-refractivity contribution in [2.75, 3.05) is 6.61 Å². The van der Waals surface area contributed by atoms with Crippen LogP contribution < -0.4 is 0 Å². The highest BCUT2D eigenvalue weighted by molar-refractivity contribution is 4.67. The molecule has 0 saturated heterocycles. The van der Waals surface area contributed by atoms with Gasteiger partial charge in [0.2, 0.25) is 0 Å². The van der Waals surface area contributed by atoms with Crippen LogP contribution in [0.4, 0.5) is 0 Å². The van der Waals surface area contributed by atoms with Crippen LogP contribution in [0.15, 0.2) is 12.7 Å². The minimum Gasteiger partial charge on any atom is -0.236 e. The van der Waals surface area contributed by atoms with Gasteiger partial charge < -0.3 is 0 Å². The van der Waals surface area contributed by atoms with Gasteiger partial charge in [0, 0.05) is 0 Å². The number of hydrogen-bond donors (Lipinski definition) is 0. The van der Waals surface area contributed by atoms with Crippen LogP contribution in [0.25, 0.3) is 0 Å². The Balaban J connectivity index is 2.97. The Labute approximate surface area is 51.0 Å². The van der Waals surface area contributed by atoms with Crippen LogP contribution in [0.1, 0.15) is 19.8 Å². The Kier molecular flexibility index (Phi) is 4.67. The first kappa shape index (κ1) is 7.70.